The number of hydrogen-bond acceptors (Lipinski definition) is 5. The average Bonchev–Trinajstić information content (AvgIpc) is 2.98. The third-order valence-electron chi connectivity index (χ3n) is 5.62. The normalized spacial score (nSPS) is 26.0. The second-order valence-corrected chi connectivity index (χ2v) is 7.40. The van der Waals surface area contributed by atoms with Crippen molar-refractivity contribution in [2.45, 2.75) is 37.6 Å². The first kappa shape index (κ1) is 22.7. The van der Waals surface area contributed by atoms with E-state index in [2.05, 4.69) is 10.3 Å². The summed E-state index contributed by atoms with van der Waals surface area (Å²) in [6.07, 6.45) is -5.30. The summed E-state index contributed by atoms with van der Waals surface area (Å²) in [6, 6.07) is 4.66. The van der Waals surface area contributed by atoms with E-state index in [1.165, 1.54) is 25.3 Å². The highest BCUT2D eigenvalue weighted by Crippen LogP contribution is 2.54. The number of carbonyl (C=O) groups is 1. The van der Waals surface area contributed by atoms with Crippen LogP contribution in [0.3, 0.4) is 0 Å². The average molecular weight is 445 g/mol. The van der Waals surface area contributed by atoms with Gasteiger partial charge < -0.3 is 20.5 Å². The van der Waals surface area contributed by atoms with Crippen LogP contribution in [0, 0.1) is 17.6 Å². The summed E-state index contributed by atoms with van der Waals surface area (Å²) in [5, 5.41) is 2.43. The molecule has 0 spiro atoms. The molecule has 1 aliphatic rings. The van der Waals surface area contributed by atoms with Crippen LogP contribution in [-0.2, 0) is 9.53 Å². The maximum absolute atomic E-state index is 14.3. The fourth-order valence-electron chi connectivity index (χ4n) is 3.73. The predicted molar refractivity (Wildman–Crippen MR) is 101 cm³/mol. The van der Waals surface area contributed by atoms with Crippen LogP contribution >= 0.6 is 0 Å². The van der Waals surface area contributed by atoms with Gasteiger partial charge >= 0.3 is 6.18 Å². The molecule has 31 heavy (non-hydrogen) atoms. The fraction of sp³-hybridized carbons (Fsp3) is 0.400. The number of aromatic nitrogens is 1. The minimum absolute atomic E-state index is 0.113. The molecule has 2 heterocycles. The van der Waals surface area contributed by atoms with Crippen molar-refractivity contribution in [1.82, 2.24) is 4.98 Å². The number of halogens is 5. The monoisotopic (exact) mass is 445 g/mol. The largest absolute Gasteiger partial charge is 0.493 e. The number of anilines is 2. The Morgan fingerprint density at radius 1 is 1.26 bits per heavy atom. The number of pyridine rings is 1. The molecule has 11 heteroatoms. The molecule has 1 aromatic heterocycles. The summed E-state index contributed by atoms with van der Waals surface area (Å²) in [5.41, 5.74) is 2.82. The van der Waals surface area contributed by atoms with Crippen LogP contribution in [0.2, 0.25) is 0 Å². The van der Waals surface area contributed by atoms with Gasteiger partial charge in [-0.25, -0.2) is 9.37 Å². The van der Waals surface area contributed by atoms with Gasteiger partial charge in [-0.1, -0.05) is 13.0 Å². The van der Waals surface area contributed by atoms with Crippen LogP contribution in [0.25, 0.3) is 0 Å². The highest BCUT2D eigenvalue weighted by molar-refractivity contribution is 5.95. The Hall–Kier alpha value is -2.95. The Balaban J connectivity index is 2.07. The lowest BCUT2D eigenvalue weighted by molar-refractivity contribution is -0.272. The van der Waals surface area contributed by atoms with E-state index in [4.69, 9.17) is 15.2 Å². The lowest BCUT2D eigenvalue weighted by Crippen LogP contribution is -2.47. The van der Waals surface area contributed by atoms with Crippen LogP contribution in [-0.4, -0.2) is 35.9 Å². The zero-order chi connectivity index (χ0) is 23.1. The molecule has 0 bridgehead atoms. The molecule has 1 aromatic carbocycles. The van der Waals surface area contributed by atoms with E-state index in [0.717, 1.165) is 26.2 Å². The van der Waals surface area contributed by atoms with Gasteiger partial charge in [-0.2, -0.15) is 17.6 Å². The molecule has 0 radical (unpaired) electrons. The zero-order valence-electron chi connectivity index (χ0n) is 16.8. The van der Waals surface area contributed by atoms with Crippen LogP contribution < -0.4 is 15.8 Å². The van der Waals surface area contributed by atoms with Crippen molar-refractivity contribution in [1.29, 1.82) is 0 Å². The van der Waals surface area contributed by atoms with E-state index in [0.29, 0.717) is 0 Å². The highest BCUT2D eigenvalue weighted by atomic mass is 19.4. The van der Waals surface area contributed by atoms with Gasteiger partial charge in [0.05, 0.1) is 19.0 Å². The Labute approximate surface area is 174 Å². The molecule has 1 aliphatic heterocycles. The molecule has 4 atom stereocenters. The third-order valence-corrected chi connectivity index (χ3v) is 5.62. The van der Waals surface area contributed by atoms with Gasteiger partial charge in [0.25, 0.3) is 5.91 Å². The van der Waals surface area contributed by atoms with Gasteiger partial charge in [-0.15, -0.1) is 0 Å². The minimum Gasteiger partial charge on any atom is -0.493 e. The maximum Gasteiger partial charge on any atom is 0.417 e. The summed E-state index contributed by atoms with van der Waals surface area (Å²) in [4.78, 5) is 16.7. The van der Waals surface area contributed by atoms with Crippen LogP contribution in [0.4, 0.5) is 33.5 Å². The quantitative estimate of drug-likeness (QED) is 0.694. The Bertz CT molecular complexity index is 983. The van der Waals surface area contributed by atoms with Crippen molar-refractivity contribution in [3.63, 3.8) is 0 Å². The van der Waals surface area contributed by atoms with Crippen molar-refractivity contribution in [2.75, 3.05) is 18.2 Å². The van der Waals surface area contributed by atoms with Crippen molar-refractivity contribution < 1.29 is 36.2 Å². The van der Waals surface area contributed by atoms with E-state index < -0.39 is 53.0 Å². The van der Waals surface area contributed by atoms with Crippen molar-refractivity contribution >= 4 is 17.4 Å². The number of benzene rings is 1. The summed E-state index contributed by atoms with van der Waals surface area (Å²) >= 11 is 0. The van der Waals surface area contributed by atoms with Gasteiger partial charge in [-0.3, -0.25) is 4.79 Å². The van der Waals surface area contributed by atoms with E-state index in [1.807, 2.05) is 0 Å². The number of nitrogen functional groups attached to an aromatic ring is 1. The van der Waals surface area contributed by atoms with E-state index in [9.17, 15) is 26.7 Å². The predicted octanol–water partition coefficient (Wildman–Crippen LogP) is 4.03. The van der Waals surface area contributed by atoms with Crippen molar-refractivity contribution in [3.8, 4) is 5.75 Å². The molecule has 0 unspecified atom stereocenters. The third kappa shape index (κ3) is 3.89. The fourth-order valence-corrected chi connectivity index (χ4v) is 3.73. The molecule has 0 saturated carbocycles. The molecular formula is C20H20F5N3O3. The minimum atomic E-state index is -4.84. The first-order chi connectivity index (χ1) is 14.4. The van der Waals surface area contributed by atoms with E-state index >= 15 is 0 Å². The van der Waals surface area contributed by atoms with Crippen LogP contribution in [0.1, 0.15) is 25.3 Å². The van der Waals surface area contributed by atoms with Crippen LogP contribution in [0.5, 0.6) is 5.75 Å². The Kier molecular flexibility index (Phi) is 5.83. The van der Waals surface area contributed by atoms with E-state index in [-0.39, 0.29) is 17.1 Å². The topological polar surface area (TPSA) is 86.5 Å². The summed E-state index contributed by atoms with van der Waals surface area (Å²) in [7, 11) is 1.06. The number of ether oxygens (including phenoxy) is 2. The number of nitrogens with zero attached hydrogens (tertiary/aromatic N) is 1. The van der Waals surface area contributed by atoms with Gasteiger partial charge in [0, 0.05) is 17.4 Å². The smallest absolute Gasteiger partial charge is 0.417 e. The standard InChI is InChI=1S/C20H20F5N3O3/c1-9-14(11-5-6-12(21)15(22)16(11)30-3)17(31-19(9,2)20(23,24)25)18(29)28-10-4-7-13(26)27-8-10/h4-9,14,17H,1-3H3,(H2,26,27)(H,28,29)/t9-,14-,17+,19+/m0/s1. The maximum atomic E-state index is 14.3. The molecule has 3 N–H and O–H groups in total. The van der Waals surface area contributed by atoms with Crippen LogP contribution in [0.15, 0.2) is 30.5 Å². The number of methoxy groups -OCH3 is 1. The zero-order valence-corrected chi connectivity index (χ0v) is 16.8. The molecule has 1 fully saturated rings. The van der Waals surface area contributed by atoms with Crippen molar-refractivity contribution in [2.24, 2.45) is 5.92 Å². The molecular weight excluding hydrogens is 425 g/mol. The second kappa shape index (κ2) is 7.95. The van der Waals surface area contributed by atoms with Gasteiger partial charge in [-0.05, 0) is 25.1 Å². The number of hydrogen-bond donors (Lipinski definition) is 2. The number of nitrogens with one attached hydrogen (secondary N) is 1. The number of nitrogens with two attached hydrogens (primary N) is 1. The molecule has 0 aliphatic carbocycles. The Morgan fingerprint density at radius 2 is 1.94 bits per heavy atom. The lowest BCUT2D eigenvalue weighted by Gasteiger charge is -2.32. The first-order valence-corrected chi connectivity index (χ1v) is 9.19. The summed E-state index contributed by atoms with van der Waals surface area (Å²) in [5.74, 6) is -6.56. The molecule has 6 nitrogen and oxygen atoms in total. The summed E-state index contributed by atoms with van der Waals surface area (Å²) < 4.78 is 79.8. The lowest BCUT2D eigenvalue weighted by atomic mass is 9.77. The molecule has 1 amide bonds. The molecule has 2 aromatic rings. The Morgan fingerprint density at radius 3 is 2.48 bits per heavy atom. The summed E-state index contributed by atoms with van der Waals surface area (Å²) in [6.45, 7) is 2.05. The molecule has 168 valence electrons. The number of alkyl halides is 3. The van der Waals surface area contributed by atoms with Crippen molar-refractivity contribution in [3.05, 3.63) is 47.7 Å². The van der Waals surface area contributed by atoms with Gasteiger partial charge in [0.15, 0.2) is 17.2 Å². The number of rotatable bonds is 4. The SMILES string of the molecule is COc1c([C@H]2[C@H](C(=O)Nc3ccc(N)nc3)O[C@@](C)(C(F)(F)F)[C@H]2C)ccc(F)c1F. The first-order valence-electron chi connectivity index (χ1n) is 9.19. The van der Waals surface area contributed by atoms with Gasteiger partial charge in [0.1, 0.15) is 11.9 Å². The molecule has 1 saturated heterocycles. The highest BCUT2D eigenvalue weighted by Gasteiger charge is 2.65. The van der Waals surface area contributed by atoms with Gasteiger partial charge in [0.2, 0.25) is 5.82 Å². The second-order valence-electron chi connectivity index (χ2n) is 7.40. The number of amides is 1. The number of carbonyl (C=O) groups excluding carboxylic acids is 1. The van der Waals surface area contributed by atoms with E-state index in [1.54, 1.807) is 0 Å². The molecule has 3 rings (SSSR count).